The van der Waals surface area contributed by atoms with E-state index in [1.54, 1.807) is 0 Å². The van der Waals surface area contributed by atoms with Crippen LogP contribution in [0.3, 0.4) is 0 Å². The van der Waals surface area contributed by atoms with Gasteiger partial charge in [-0.2, -0.15) is 0 Å². The molecular formula is C15H24O2. The summed E-state index contributed by atoms with van der Waals surface area (Å²) >= 11 is 0. The van der Waals surface area contributed by atoms with Gasteiger partial charge in [-0.05, 0) is 30.4 Å². The van der Waals surface area contributed by atoms with Crippen molar-refractivity contribution < 1.29 is 9.84 Å². The lowest BCUT2D eigenvalue weighted by Crippen LogP contribution is -2.15. The van der Waals surface area contributed by atoms with Gasteiger partial charge in [-0.1, -0.05) is 39.0 Å². The molecule has 0 aromatic heterocycles. The standard InChI is InChI=1S/C15H24O2/c1-15(2,3)11-9-13(16)10-12-17-14-7-5-4-6-8-14/h4-8,13,16H,9-12H2,1-3H3. The van der Waals surface area contributed by atoms with Gasteiger partial charge in [0.05, 0.1) is 12.7 Å². The van der Waals surface area contributed by atoms with Crippen molar-refractivity contribution in [3.05, 3.63) is 30.3 Å². The highest BCUT2D eigenvalue weighted by molar-refractivity contribution is 5.20. The van der Waals surface area contributed by atoms with E-state index in [0.29, 0.717) is 18.4 Å². The third kappa shape index (κ3) is 7.01. The zero-order valence-corrected chi connectivity index (χ0v) is 11.1. The van der Waals surface area contributed by atoms with Crippen molar-refractivity contribution in [2.45, 2.75) is 46.1 Å². The Morgan fingerprint density at radius 2 is 1.76 bits per heavy atom. The normalized spacial score (nSPS) is 13.4. The van der Waals surface area contributed by atoms with Gasteiger partial charge >= 0.3 is 0 Å². The number of ether oxygens (including phenoxy) is 1. The second-order valence-electron chi connectivity index (χ2n) is 5.70. The van der Waals surface area contributed by atoms with E-state index in [-0.39, 0.29) is 6.10 Å². The molecule has 96 valence electrons. The first-order valence-electron chi connectivity index (χ1n) is 6.33. The molecule has 17 heavy (non-hydrogen) atoms. The lowest BCUT2D eigenvalue weighted by Gasteiger charge is -2.20. The summed E-state index contributed by atoms with van der Waals surface area (Å²) in [5, 5.41) is 9.81. The summed E-state index contributed by atoms with van der Waals surface area (Å²) < 4.78 is 5.55. The molecule has 1 unspecified atom stereocenters. The van der Waals surface area contributed by atoms with E-state index in [4.69, 9.17) is 4.74 Å². The van der Waals surface area contributed by atoms with Crippen LogP contribution in [0.4, 0.5) is 0 Å². The lowest BCUT2D eigenvalue weighted by atomic mass is 9.89. The Bertz CT molecular complexity index is 300. The minimum absolute atomic E-state index is 0.252. The molecule has 2 nitrogen and oxygen atoms in total. The van der Waals surface area contributed by atoms with Crippen molar-refractivity contribution in [1.29, 1.82) is 0 Å². The predicted octanol–water partition coefficient (Wildman–Crippen LogP) is 3.64. The average Bonchev–Trinajstić information content (AvgIpc) is 2.27. The van der Waals surface area contributed by atoms with Gasteiger partial charge in [-0.3, -0.25) is 0 Å². The van der Waals surface area contributed by atoms with E-state index in [1.807, 2.05) is 30.3 Å². The molecule has 1 atom stereocenters. The number of hydrogen-bond donors (Lipinski definition) is 1. The summed E-state index contributed by atoms with van der Waals surface area (Å²) in [4.78, 5) is 0. The minimum Gasteiger partial charge on any atom is -0.493 e. The number of aliphatic hydroxyl groups is 1. The monoisotopic (exact) mass is 236 g/mol. The highest BCUT2D eigenvalue weighted by atomic mass is 16.5. The molecule has 0 heterocycles. The molecule has 1 aromatic rings. The van der Waals surface area contributed by atoms with Gasteiger partial charge in [0.25, 0.3) is 0 Å². The maximum atomic E-state index is 9.81. The van der Waals surface area contributed by atoms with E-state index < -0.39 is 0 Å². The van der Waals surface area contributed by atoms with E-state index in [2.05, 4.69) is 20.8 Å². The molecule has 0 aliphatic rings. The Hall–Kier alpha value is -1.02. The van der Waals surface area contributed by atoms with E-state index in [0.717, 1.165) is 18.6 Å². The van der Waals surface area contributed by atoms with Crippen LogP contribution in [0.1, 0.15) is 40.0 Å². The molecule has 1 rings (SSSR count). The zero-order valence-electron chi connectivity index (χ0n) is 11.1. The molecular weight excluding hydrogens is 212 g/mol. The van der Waals surface area contributed by atoms with Crippen LogP contribution in [0.15, 0.2) is 30.3 Å². The molecule has 0 amide bonds. The van der Waals surface area contributed by atoms with Gasteiger partial charge in [-0.25, -0.2) is 0 Å². The third-order valence-electron chi connectivity index (χ3n) is 2.69. The summed E-state index contributed by atoms with van der Waals surface area (Å²) in [6, 6.07) is 9.73. The highest BCUT2D eigenvalue weighted by Crippen LogP contribution is 2.22. The largest absolute Gasteiger partial charge is 0.493 e. The van der Waals surface area contributed by atoms with Crippen molar-refractivity contribution in [1.82, 2.24) is 0 Å². The SMILES string of the molecule is CC(C)(C)CCC(O)CCOc1ccccc1. The van der Waals surface area contributed by atoms with Crippen LogP contribution in [-0.2, 0) is 0 Å². The van der Waals surface area contributed by atoms with Gasteiger partial charge in [0.1, 0.15) is 5.75 Å². The number of benzene rings is 1. The Morgan fingerprint density at radius 1 is 1.12 bits per heavy atom. The number of hydrogen-bond acceptors (Lipinski definition) is 2. The molecule has 1 aromatic carbocycles. The van der Waals surface area contributed by atoms with Crippen molar-refractivity contribution in [3.8, 4) is 5.75 Å². The number of para-hydroxylation sites is 1. The summed E-state index contributed by atoms with van der Waals surface area (Å²) in [6.45, 7) is 7.16. The van der Waals surface area contributed by atoms with E-state index >= 15 is 0 Å². The maximum absolute atomic E-state index is 9.81. The third-order valence-corrected chi connectivity index (χ3v) is 2.69. The number of rotatable bonds is 6. The van der Waals surface area contributed by atoms with Crippen molar-refractivity contribution in [2.24, 2.45) is 5.41 Å². The second-order valence-corrected chi connectivity index (χ2v) is 5.70. The molecule has 1 N–H and O–H groups in total. The van der Waals surface area contributed by atoms with Gasteiger partial charge in [0, 0.05) is 6.42 Å². The Kier molecular flexibility index (Phi) is 5.49. The zero-order chi connectivity index (χ0) is 12.7. The summed E-state index contributed by atoms with van der Waals surface area (Å²) in [5.41, 5.74) is 0.293. The molecule has 0 spiro atoms. The first kappa shape index (κ1) is 14.0. The van der Waals surface area contributed by atoms with Crippen molar-refractivity contribution in [3.63, 3.8) is 0 Å². The van der Waals surface area contributed by atoms with Crippen LogP contribution in [0.5, 0.6) is 5.75 Å². The maximum Gasteiger partial charge on any atom is 0.119 e. The molecule has 0 aliphatic carbocycles. The van der Waals surface area contributed by atoms with Crippen molar-refractivity contribution >= 4 is 0 Å². The van der Waals surface area contributed by atoms with E-state index in [9.17, 15) is 5.11 Å². The molecule has 0 saturated carbocycles. The van der Waals surface area contributed by atoms with Crippen LogP contribution in [0.25, 0.3) is 0 Å². The first-order valence-corrected chi connectivity index (χ1v) is 6.33. The molecule has 0 saturated heterocycles. The Balaban J connectivity index is 2.14. The summed E-state index contributed by atoms with van der Waals surface area (Å²) in [7, 11) is 0. The topological polar surface area (TPSA) is 29.5 Å². The average molecular weight is 236 g/mol. The smallest absolute Gasteiger partial charge is 0.119 e. The fourth-order valence-corrected chi connectivity index (χ4v) is 1.57. The molecule has 0 aliphatic heterocycles. The minimum atomic E-state index is -0.252. The van der Waals surface area contributed by atoms with Crippen molar-refractivity contribution in [2.75, 3.05) is 6.61 Å². The van der Waals surface area contributed by atoms with Crippen LogP contribution < -0.4 is 4.74 Å². The second kappa shape index (κ2) is 6.65. The van der Waals surface area contributed by atoms with Gasteiger partial charge < -0.3 is 9.84 Å². The summed E-state index contributed by atoms with van der Waals surface area (Å²) in [5.74, 6) is 0.871. The molecule has 2 heteroatoms. The Morgan fingerprint density at radius 3 is 2.35 bits per heavy atom. The number of aliphatic hydroxyl groups excluding tert-OH is 1. The lowest BCUT2D eigenvalue weighted by molar-refractivity contribution is 0.117. The Labute approximate surface area is 105 Å². The van der Waals surface area contributed by atoms with Crippen LogP contribution in [0, 0.1) is 5.41 Å². The van der Waals surface area contributed by atoms with Crippen LogP contribution in [0.2, 0.25) is 0 Å². The molecule has 0 bridgehead atoms. The van der Waals surface area contributed by atoms with Gasteiger partial charge in [-0.15, -0.1) is 0 Å². The molecule has 0 radical (unpaired) electrons. The summed E-state index contributed by atoms with van der Waals surface area (Å²) in [6.07, 6.45) is 2.34. The quantitative estimate of drug-likeness (QED) is 0.817. The van der Waals surface area contributed by atoms with Crippen LogP contribution >= 0.6 is 0 Å². The predicted molar refractivity (Wildman–Crippen MR) is 71.2 cm³/mol. The molecule has 0 fully saturated rings. The first-order chi connectivity index (χ1) is 7.97. The fraction of sp³-hybridized carbons (Fsp3) is 0.600. The van der Waals surface area contributed by atoms with Gasteiger partial charge in [0.15, 0.2) is 0 Å². The fourth-order valence-electron chi connectivity index (χ4n) is 1.57. The van der Waals surface area contributed by atoms with E-state index in [1.165, 1.54) is 0 Å². The van der Waals surface area contributed by atoms with Gasteiger partial charge in [0.2, 0.25) is 0 Å². The highest BCUT2D eigenvalue weighted by Gasteiger charge is 2.13. The van der Waals surface area contributed by atoms with Crippen LogP contribution in [-0.4, -0.2) is 17.8 Å².